The van der Waals surface area contributed by atoms with E-state index in [1.54, 1.807) is 0 Å². The molecule has 0 aromatic rings. The second kappa shape index (κ2) is 6.73. The molecule has 1 nitrogen and oxygen atoms in total. The Bertz CT molecular complexity index is 141. The SMILES string of the molecule is CC.CC1CCN(C2CCSCC2)C1. The van der Waals surface area contributed by atoms with Crippen molar-refractivity contribution in [1.29, 1.82) is 0 Å². The molecule has 0 aromatic carbocycles. The molecule has 0 bridgehead atoms. The molecular formula is C12H25NS. The first kappa shape index (κ1) is 12.4. The van der Waals surface area contributed by atoms with Gasteiger partial charge in [0.1, 0.15) is 0 Å². The van der Waals surface area contributed by atoms with E-state index in [9.17, 15) is 0 Å². The van der Waals surface area contributed by atoms with Crippen LogP contribution in [-0.2, 0) is 0 Å². The van der Waals surface area contributed by atoms with Crippen molar-refractivity contribution in [2.45, 2.75) is 46.1 Å². The lowest BCUT2D eigenvalue weighted by Gasteiger charge is -2.30. The molecule has 1 atom stereocenters. The lowest BCUT2D eigenvalue weighted by molar-refractivity contribution is 0.223. The molecule has 14 heavy (non-hydrogen) atoms. The molecule has 1 unspecified atom stereocenters. The number of nitrogens with zero attached hydrogens (tertiary/aromatic N) is 1. The first-order chi connectivity index (χ1) is 6.86. The molecule has 2 fully saturated rings. The van der Waals surface area contributed by atoms with E-state index in [4.69, 9.17) is 0 Å². The van der Waals surface area contributed by atoms with Crippen LogP contribution in [0.1, 0.15) is 40.0 Å². The van der Waals surface area contributed by atoms with E-state index in [0.717, 1.165) is 12.0 Å². The van der Waals surface area contributed by atoms with Gasteiger partial charge in [-0.25, -0.2) is 0 Å². The lowest BCUT2D eigenvalue weighted by Crippen LogP contribution is -2.35. The van der Waals surface area contributed by atoms with Crippen molar-refractivity contribution in [3.05, 3.63) is 0 Å². The zero-order valence-corrected chi connectivity index (χ0v) is 10.8. The second-order valence-electron chi connectivity index (χ2n) is 4.23. The Labute approximate surface area is 93.6 Å². The molecule has 0 saturated carbocycles. The summed E-state index contributed by atoms with van der Waals surface area (Å²) in [5.41, 5.74) is 0. The van der Waals surface area contributed by atoms with Crippen molar-refractivity contribution >= 4 is 11.8 Å². The lowest BCUT2D eigenvalue weighted by atomic mass is 10.1. The molecule has 84 valence electrons. The molecule has 0 radical (unpaired) electrons. The fourth-order valence-electron chi connectivity index (χ4n) is 2.35. The topological polar surface area (TPSA) is 3.24 Å². The normalized spacial score (nSPS) is 29.8. The van der Waals surface area contributed by atoms with Gasteiger partial charge in [-0.05, 0) is 43.2 Å². The maximum absolute atomic E-state index is 2.73. The number of thioether (sulfide) groups is 1. The van der Waals surface area contributed by atoms with Crippen LogP contribution in [0.15, 0.2) is 0 Å². The van der Waals surface area contributed by atoms with Gasteiger partial charge in [-0.15, -0.1) is 0 Å². The Morgan fingerprint density at radius 1 is 1.07 bits per heavy atom. The van der Waals surface area contributed by atoms with Gasteiger partial charge in [-0.1, -0.05) is 20.8 Å². The van der Waals surface area contributed by atoms with Crippen molar-refractivity contribution in [3.63, 3.8) is 0 Å². The molecule has 2 aliphatic heterocycles. The molecule has 2 rings (SSSR count). The van der Waals surface area contributed by atoms with E-state index in [1.165, 1.54) is 43.9 Å². The summed E-state index contributed by atoms with van der Waals surface area (Å²) in [6.07, 6.45) is 4.32. The third kappa shape index (κ3) is 3.47. The van der Waals surface area contributed by atoms with Gasteiger partial charge in [0.25, 0.3) is 0 Å². The largest absolute Gasteiger partial charge is 0.300 e. The van der Waals surface area contributed by atoms with Crippen LogP contribution in [0.2, 0.25) is 0 Å². The van der Waals surface area contributed by atoms with Crippen molar-refractivity contribution in [1.82, 2.24) is 4.90 Å². The Hall–Kier alpha value is 0.310. The summed E-state index contributed by atoms with van der Waals surface area (Å²) in [5.74, 6) is 3.75. The van der Waals surface area contributed by atoms with Crippen LogP contribution in [0, 0.1) is 5.92 Å². The van der Waals surface area contributed by atoms with E-state index in [-0.39, 0.29) is 0 Å². The fraction of sp³-hybridized carbons (Fsp3) is 1.00. The van der Waals surface area contributed by atoms with Crippen molar-refractivity contribution < 1.29 is 0 Å². The van der Waals surface area contributed by atoms with Gasteiger partial charge >= 0.3 is 0 Å². The predicted octanol–water partition coefficient (Wildman–Crippen LogP) is 3.25. The molecule has 0 amide bonds. The highest BCUT2D eigenvalue weighted by atomic mass is 32.2. The highest BCUT2D eigenvalue weighted by molar-refractivity contribution is 7.99. The first-order valence-corrected chi connectivity index (χ1v) is 7.33. The predicted molar refractivity (Wildman–Crippen MR) is 67.0 cm³/mol. The van der Waals surface area contributed by atoms with Crippen LogP contribution in [0.4, 0.5) is 0 Å². The van der Waals surface area contributed by atoms with Crippen LogP contribution in [0.25, 0.3) is 0 Å². The Balaban J connectivity index is 0.000000461. The molecule has 2 saturated heterocycles. The molecule has 0 spiro atoms. The van der Waals surface area contributed by atoms with Crippen LogP contribution >= 0.6 is 11.8 Å². The summed E-state index contributed by atoms with van der Waals surface area (Å²) < 4.78 is 0. The van der Waals surface area contributed by atoms with Gasteiger partial charge < -0.3 is 4.90 Å². The number of hydrogen-bond donors (Lipinski definition) is 0. The molecule has 0 aliphatic carbocycles. The number of likely N-dealkylation sites (tertiary alicyclic amines) is 1. The maximum Gasteiger partial charge on any atom is 0.0111 e. The van der Waals surface area contributed by atoms with Crippen LogP contribution in [0.3, 0.4) is 0 Å². The highest BCUT2D eigenvalue weighted by Gasteiger charge is 2.26. The second-order valence-corrected chi connectivity index (χ2v) is 5.46. The van der Waals surface area contributed by atoms with Crippen molar-refractivity contribution in [2.75, 3.05) is 24.6 Å². The summed E-state index contributed by atoms with van der Waals surface area (Å²) in [5, 5.41) is 0. The van der Waals surface area contributed by atoms with E-state index >= 15 is 0 Å². The van der Waals surface area contributed by atoms with E-state index in [0.29, 0.717) is 0 Å². The zero-order chi connectivity index (χ0) is 10.4. The van der Waals surface area contributed by atoms with Gasteiger partial charge in [-0.2, -0.15) is 11.8 Å². The third-order valence-electron chi connectivity index (χ3n) is 3.16. The zero-order valence-electron chi connectivity index (χ0n) is 9.96. The molecule has 0 N–H and O–H groups in total. The van der Waals surface area contributed by atoms with Crippen molar-refractivity contribution in [2.24, 2.45) is 5.92 Å². The quantitative estimate of drug-likeness (QED) is 0.660. The van der Waals surface area contributed by atoms with Crippen molar-refractivity contribution in [3.8, 4) is 0 Å². The van der Waals surface area contributed by atoms with Crippen LogP contribution in [-0.4, -0.2) is 35.5 Å². The molecule has 0 aromatic heterocycles. The average Bonchev–Trinajstić information content (AvgIpc) is 2.69. The van der Waals surface area contributed by atoms with Gasteiger partial charge in [-0.3, -0.25) is 0 Å². The number of hydrogen-bond acceptors (Lipinski definition) is 2. The smallest absolute Gasteiger partial charge is 0.0111 e. The minimum Gasteiger partial charge on any atom is -0.300 e. The van der Waals surface area contributed by atoms with E-state index in [1.807, 2.05) is 13.8 Å². The number of rotatable bonds is 1. The minimum atomic E-state index is 0.941. The molecule has 2 heteroatoms. The molecular weight excluding hydrogens is 190 g/mol. The third-order valence-corrected chi connectivity index (χ3v) is 4.21. The molecule has 2 heterocycles. The van der Waals surface area contributed by atoms with Gasteiger partial charge in [0.05, 0.1) is 0 Å². The standard InChI is InChI=1S/C10H19NS.C2H6/c1-9-2-5-11(8-9)10-3-6-12-7-4-10;1-2/h9-10H,2-8H2,1H3;1-2H3. The summed E-state index contributed by atoms with van der Waals surface area (Å²) in [4.78, 5) is 2.73. The van der Waals surface area contributed by atoms with Crippen LogP contribution in [0.5, 0.6) is 0 Å². The minimum absolute atomic E-state index is 0.941. The Kier molecular flexibility index (Phi) is 5.95. The summed E-state index contributed by atoms with van der Waals surface area (Å²) in [7, 11) is 0. The van der Waals surface area contributed by atoms with Gasteiger partial charge in [0.2, 0.25) is 0 Å². The van der Waals surface area contributed by atoms with E-state index in [2.05, 4.69) is 23.6 Å². The summed E-state index contributed by atoms with van der Waals surface area (Å²) in [6, 6.07) is 0.941. The summed E-state index contributed by atoms with van der Waals surface area (Å²) >= 11 is 2.13. The van der Waals surface area contributed by atoms with Gasteiger partial charge in [0.15, 0.2) is 0 Å². The maximum atomic E-state index is 2.73. The Morgan fingerprint density at radius 2 is 1.71 bits per heavy atom. The summed E-state index contributed by atoms with van der Waals surface area (Å²) in [6.45, 7) is 9.13. The molecule has 2 aliphatic rings. The van der Waals surface area contributed by atoms with E-state index < -0.39 is 0 Å². The fourth-order valence-corrected chi connectivity index (χ4v) is 3.43. The monoisotopic (exact) mass is 215 g/mol. The first-order valence-electron chi connectivity index (χ1n) is 6.18. The van der Waals surface area contributed by atoms with Gasteiger partial charge in [0, 0.05) is 12.6 Å². The average molecular weight is 215 g/mol. The highest BCUT2D eigenvalue weighted by Crippen LogP contribution is 2.26. The van der Waals surface area contributed by atoms with Crippen LogP contribution < -0.4 is 0 Å². The Morgan fingerprint density at radius 3 is 2.21 bits per heavy atom.